The maximum Gasteiger partial charge on any atom is 0.278 e. The van der Waals surface area contributed by atoms with E-state index in [1.807, 2.05) is 31.2 Å². The summed E-state index contributed by atoms with van der Waals surface area (Å²) < 4.78 is 13.5. The highest BCUT2D eigenvalue weighted by molar-refractivity contribution is 6.36. The fourth-order valence-electron chi connectivity index (χ4n) is 3.58. The zero-order chi connectivity index (χ0) is 23.5. The molecule has 1 aliphatic heterocycles. The van der Waals surface area contributed by atoms with Crippen LogP contribution >= 0.6 is 0 Å². The lowest BCUT2D eigenvalue weighted by Gasteiger charge is -2.15. The van der Waals surface area contributed by atoms with Crippen molar-refractivity contribution >= 4 is 34.7 Å². The fourth-order valence-corrected chi connectivity index (χ4v) is 3.58. The number of anilines is 2. The standard InChI is InChI=1S/C26H22FN3O3/c1-16-3-5-18(6-4-16)15-30-25(32)23(19-7-9-20(27)10-8-19)24(26(30)33)29-22-13-11-21(12-14-22)28-17(2)31/h3-14,29H,15H2,1-2H3,(H,28,31). The number of imide groups is 1. The van der Waals surface area contributed by atoms with Crippen LogP contribution in [0.3, 0.4) is 0 Å². The van der Waals surface area contributed by atoms with E-state index in [1.54, 1.807) is 24.3 Å². The van der Waals surface area contributed by atoms with E-state index in [2.05, 4.69) is 10.6 Å². The van der Waals surface area contributed by atoms with E-state index in [-0.39, 0.29) is 23.7 Å². The molecule has 0 aromatic heterocycles. The molecule has 0 atom stereocenters. The highest BCUT2D eigenvalue weighted by Gasteiger charge is 2.39. The Bertz CT molecular complexity index is 1250. The van der Waals surface area contributed by atoms with Crippen LogP contribution in [0.1, 0.15) is 23.6 Å². The first-order valence-electron chi connectivity index (χ1n) is 10.4. The van der Waals surface area contributed by atoms with Crippen molar-refractivity contribution in [3.63, 3.8) is 0 Å². The van der Waals surface area contributed by atoms with Crippen molar-refractivity contribution in [3.8, 4) is 0 Å². The van der Waals surface area contributed by atoms with E-state index >= 15 is 0 Å². The molecule has 3 amide bonds. The second-order valence-corrected chi connectivity index (χ2v) is 7.82. The van der Waals surface area contributed by atoms with E-state index in [1.165, 1.54) is 36.1 Å². The number of rotatable bonds is 6. The van der Waals surface area contributed by atoms with Crippen LogP contribution < -0.4 is 10.6 Å². The SMILES string of the molecule is CC(=O)Nc1ccc(NC2=C(c3ccc(F)cc3)C(=O)N(Cc3ccc(C)cc3)C2=O)cc1. The number of aryl methyl sites for hydroxylation is 1. The zero-order valence-corrected chi connectivity index (χ0v) is 18.2. The molecule has 0 saturated heterocycles. The Morgan fingerprint density at radius 1 is 0.848 bits per heavy atom. The van der Waals surface area contributed by atoms with Crippen LogP contribution in [-0.2, 0) is 20.9 Å². The summed E-state index contributed by atoms with van der Waals surface area (Å²) in [6.07, 6.45) is 0. The van der Waals surface area contributed by atoms with Gasteiger partial charge in [-0.25, -0.2) is 4.39 Å². The number of benzene rings is 3. The monoisotopic (exact) mass is 443 g/mol. The van der Waals surface area contributed by atoms with Crippen molar-refractivity contribution in [2.24, 2.45) is 0 Å². The first-order valence-corrected chi connectivity index (χ1v) is 10.4. The first-order chi connectivity index (χ1) is 15.8. The Morgan fingerprint density at radius 3 is 2.06 bits per heavy atom. The molecule has 3 aromatic carbocycles. The highest BCUT2D eigenvalue weighted by atomic mass is 19.1. The lowest BCUT2D eigenvalue weighted by molar-refractivity contribution is -0.137. The van der Waals surface area contributed by atoms with Gasteiger partial charge in [-0.2, -0.15) is 0 Å². The van der Waals surface area contributed by atoms with Gasteiger partial charge in [-0.3, -0.25) is 19.3 Å². The normalized spacial score (nSPS) is 13.5. The van der Waals surface area contributed by atoms with Gasteiger partial charge >= 0.3 is 0 Å². The summed E-state index contributed by atoms with van der Waals surface area (Å²) in [5.74, 6) is -1.55. The Labute approximate surface area is 190 Å². The van der Waals surface area contributed by atoms with E-state index < -0.39 is 17.6 Å². The molecule has 0 bridgehead atoms. The molecule has 0 saturated carbocycles. The van der Waals surface area contributed by atoms with Gasteiger partial charge in [-0.05, 0) is 54.4 Å². The average molecular weight is 443 g/mol. The van der Waals surface area contributed by atoms with E-state index in [0.717, 1.165) is 11.1 Å². The molecule has 0 spiro atoms. The zero-order valence-electron chi connectivity index (χ0n) is 18.2. The number of halogens is 1. The highest BCUT2D eigenvalue weighted by Crippen LogP contribution is 2.32. The summed E-state index contributed by atoms with van der Waals surface area (Å²) in [6.45, 7) is 3.50. The number of hydrogen-bond donors (Lipinski definition) is 2. The topological polar surface area (TPSA) is 78.5 Å². The van der Waals surface area contributed by atoms with Gasteiger partial charge in [0.25, 0.3) is 11.8 Å². The minimum Gasteiger partial charge on any atom is -0.350 e. The van der Waals surface area contributed by atoms with Crippen LogP contribution in [0.4, 0.5) is 15.8 Å². The Hall–Kier alpha value is -4.26. The molecule has 3 aromatic rings. The Balaban J connectivity index is 1.68. The molecule has 33 heavy (non-hydrogen) atoms. The number of carbonyl (C=O) groups excluding carboxylic acids is 3. The molecule has 1 heterocycles. The summed E-state index contributed by atoms with van der Waals surface area (Å²) in [5.41, 5.74) is 3.81. The molecule has 0 fully saturated rings. The molecular formula is C26H22FN3O3. The molecular weight excluding hydrogens is 421 g/mol. The lowest BCUT2D eigenvalue weighted by atomic mass is 10.0. The third-order valence-corrected chi connectivity index (χ3v) is 5.24. The second-order valence-electron chi connectivity index (χ2n) is 7.82. The van der Waals surface area contributed by atoms with Gasteiger partial charge in [0.1, 0.15) is 11.5 Å². The quantitative estimate of drug-likeness (QED) is 0.551. The van der Waals surface area contributed by atoms with Gasteiger partial charge in [-0.15, -0.1) is 0 Å². The predicted octanol–water partition coefficient (Wildman–Crippen LogP) is 4.48. The second kappa shape index (κ2) is 9.08. The Kier molecular flexibility index (Phi) is 6.04. The molecule has 6 nitrogen and oxygen atoms in total. The number of amides is 3. The van der Waals surface area contributed by atoms with Crippen LogP contribution in [0.2, 0.25) is 0 Å². The summed E-state index contributed by atoms with van der Waals surface area (Å²) in [5, 5.41) is 5.73. The summed E-state index contributed by atoms with van der Waals surface area (Å²) in [7, 11) is 0. The first kappa shape index (κ1) is 22.0. The van der Waals surface area contributed by atoms with Crippen molar-refractivity contribution in [3.05, 3.63) is 101 Å². The van der Waals surface area contributed by atoms with Crippen molar-refractivity contribution in [2.75, 3.05) is 10.6 Å². The lowest BCUT2D eigenvalue weighted by Crippen LogP contribution is -2.32. The number of nitrogens with zero attached hydrogens (tertiary/aromatic N) is 1. The van der Waals surface area contributed by atoms with Crippen LogP contribution in [0.25, 0.3) is 5.57 Å². The van der Waals surface area contributed by atoms with Crippen LogP contribution in [0.5, 0.6) is 0 Å². The number of nitrogens with one attached hydrogen (secondary N) is 2. The van der Waals surface area contributed by atoms with Crippen LogP contribution in [-0.4, -0.2) is 22.6 Å². The van der Waals surface area contributed by atoms with Crippen molar-refractivity contribution in [1.29, 1.82) is 0 Å². The summed E-state index contributed by atoms with van der Waals surface area (Å²) in [6, 6.07) is 19.8. The molecule has 0 unspecified atom stereocenters. The molecule has 2 N–H and O–H groups in total. The molecule has 0 aliphatic carbocycles. The minimum atomic E-state index is -0.467. The average Bonchev–Trinajstić information content (AvgIpc) is 3.01. The van der Waals surface area contributed by atoms with Gasteiger partial charge in [0, 0.05) is 18.3 Å². The third-order valence-electron chi connectivity index (χ3n) is 5.24. The fraction of sp³-hybridized carbons (Fsp3) is 0.115. The van der Waals surface area contributed by atoms with Crippen LogP contribution in [0, 0.1) is 12.7 Å². The van der Waals surface area contributed by atoms with E-state index in [9.17, 15) is 18.8 Å². The van der Waals surface area contributed by atoms with Gasteiger partial charge in [0.05, 0.1) is 12.1 Å². The largest absolute Gasteiger partial charge is 0.350 e. The van der Waals surface area contributed by atoms with Gasteiger partial charge in [0.2, 0.25) is 5.91 Å². The maximum absolute atomic E-state index is 13.5. The maximum atomic E-state index is 13.5. The predicted molar refractivity (Wildman–Crippen MR) is 124 cm³/mol. The van der Waals surface area contributed by atoms with E-state index in [4.69, 9.17) is 0 Å². The molecule has 166 valence electrons. The van der Waals surface area contributed by atoms with Crippen molar-refractivity contribution in [1.82, 2.24) is 4.90 Å². The Morgan fingerprint density at radius 2 is 1.45 bits per heavy atom. The van der Waals surface area contributed by atoms with Crippen molar-refractivity contribution < 1.29 is 18.8 Å². The summed E-state index contributed by atoms with van der Waals surface area (Å²) in [4.78, 5) is 39.0. The number of hydrogen-bond acceptors (Lipinski definition) is 4. The van der Waals surface area contributed by atoms with Gasteiger partial charge in [0.15, 0.2) is 0 Å². The summed E-state index contributed by atoms with van der Waals surface area (Å²) >= 11 is 0. The smallest absolute Gasteiger partial charge is 0.278 e. The van der Waals surface area contributed by atoms with Crippen molar-refractivity contribution in [2.45, 2.75) is 20.4 Å². The molecule has 1 aliphatic rings. The minimum absolute atomic E-state index is 0.117. The van der Waals surface area contributed by atoms with Crippen LogP contribution in [0.15, 0.2) is 78.5 Å². The van der Waals surface area contributed by atoms with Gasteiger partial charge in [-0.1, -0.05) is 42.0 Å². The van der Waals surface area contributed by atoms with Gasteiger partial charge < -0.3 is 10.6 Å². The molecule has 7 heteroatoms. The molecule has 4 rings (SSSR count). The number of carbonyl (C=O) groups is 3. The van der Waals surface area contributed by atoms with E-state index in [0.29, 0.717) is 16.9 Å². The third kappa shape index (κ3) is 4.82. The molecule has 0 radical (unpaired) electrons.